The summed E-state index contributed by atoms with van der Waals surface area (Å²) in [6.07, 6.45) is 9.44. The molecule has 0 radical (unpaired) electrons. The van der Waals surface area contributed by atoms with Gasteiger partial charge in [0.25, 0.3) is 0 Å². The summed E-state index contributed by atoms with van der Waals surface area (Å²) in [6, 6.07) is 5.09. The van der Waals surface area contributed by atoms with E-state index in [9.17, 15) is 4.39 Å². The van der Waals surface area contributed by atoms with Gasteiger partial charge in [0.1, 0.15) is 22.9 Å². The molecule has 4 heterocycles. The van der Waals surface area contributed by atoms with Crippen LogP contribution in [0.4, 0.5) is 4.39 Å². The first-order valence-electron chi connectivity index (χ1n) is 11.2. The summed E-state index contributed by atoms with van der Waals surface area (Å²) in [6.45, 7) is 2.45. The molecule has 0 N–H and O–H groups in total. The van der Waals surface area contributed by atoms with Crippen LogP contribution in [-0.2, 0) is 4.74 Å². The number of hydrogen-bond donors (Lipinski definition) is 0. The van der Waals surface area contributed by atoms with E-state index < -0.39 is 5.82 Å². The Morgan fingerprint density at radius 1 is 1.12 bits per heavy atom. The van der Waals surface area contributed by atoms with Crippen molar-refractivity contribution in [3.05, 3.63) is 64.7 Å². The second-order valence-corrected chi connectivity index (χ2v) is 9.24. The molecule has 168 valence electrons. The van der Waals surface area contributed by atoms with Gasteiger partial charge in [-0.2, -0.15) is 5.10 Å². The molecule has 6 rings (SSSR count). The van der Waals surface area contributed by atoms with Gasteiger partial charge in [-0.1, -0.05) is 11.6 Å². The van der Waals surface area contributed by atoms with Crippen LogP contribution in [0, 0.1) is 12.7 Å². The maximum atomic E-state index is 14.9. The molecule has 2 atom stereocenters. The monoisotopic (exact) mass is 464 g/mol. The lowest BCUT2D eigenvalue weighted by Gasteiger charge is -2.28. The molecule has 0 bridgehead atoms. The van der Waals surface area contributed by atoms with Crippen molar-refractivity contribution in [3.63, 3.8) is 0 Å². The first-order valence-corrected chi connectivity index (χ1v) is 11.6. The smallest absolute Gasteiger partial charge is 0.182 e. The molecule has 1 saturated carbocycles. The standard InChI is InChI=1S/C24H22ClFN6O/c1-13-10-27-22-21(18-5-2-16(25)9-19(18)26)30-23(31-24(22)29-13)14-6-7-33-20(8-14)15-11-28-32(12-15)17-3-4-17/h2,5,9-12,14,17,20H,3-4,6-8H2,1H3/t14-,20+/m0/s1. The minimum Gasteiger partial charge on any atom is -0.373 e. The van der Waals surface area contributed by atoms with E-state index >= 15 is 0 Å². The second-order valence-electron chi connectivity index (χ2n) is 8.80. The summed E-state index contributed by atoms with van der Waals surface area (Å²) in [7, 11) is 0. The maximum Gasteiger partial charge on any atom is 0.182 e. The number of fused-ring (bicyclic) bond motifs is 1. The number of nitrogens with zero attached hydrogens (tertiary/aromatic N) is 6. The van der Waals surface area contributed by atoms with E-state index in [1.165, 1.54) is 18.9 Å². The summed E-state index contributed by atoms with van der Waals surface area (Å²) in [5, 5.41) is 4.84. The molecule has 7 nitrogen and oxygen atoms in total. The molecule has 1 aliphatic heterocycles. The lowest BCUT2D eigenvalue weighted by Crippen LogP contribution is -2.20. The number of benzene rings is 1. The Kier molecular flexibility index (Phi) is 5.07. The van der Waals surface area contributed by atoms with Crippen molar-refractivity contribution in [2.75, 3.05) is 6.61 Å². The molecule has 0 unspecified atom stereocenters. The Hall–Kier alpha value is -2.97. The van der Waals surface area contributed by atoms with E-state index in [2.05, 4.69) is 21.3 Å². The topological polar surface area (TPSA) is 78.6 Å². The lowest BCUT2D eigenvalue weighted by atomic mass is 9.92. The average Bonchev–Trinajstić information content (AvgIpc) is 3.54. The highest BCUT2D eigenvalue weighted by Crippen LogP contribution is 2.40. The van der Waals surface area contributed by atoms with Crippen LogP contribution in [0.5, 0.6) is 0 Å². The summed E-state index contributed by atoms with van der Waals surface area (Å²) in [5.74, 6) is 0.233. The average molecular weight is 465 g/mol. The van der Waals surface area contributed by atoms with Crippen LogP contribution in [-0.4, -0.2) is 36.3 Å². The van der Waals surface area contributed by atoms with Gasteiger partial charge in [-0.05, 0) is 50.8 Å². The number of hydrogen-bond acceptors (Lipinski definition) is 6. The van der Waals surface area contributed by atoms with Crippen LogP contribution >= 0.6 is 11.6 Å². The molecule has 4 aromatic rings. The maximum absolute atomic E-state index is 14.9. The third-order valence-electron chi connectivity index (χ3n) is 6.30. The fourth-order valence-corrected chi connectivity index (χ4v) is 4.54. The molecule has 2 fully saturated rings. The molecule has 9 heteroatoms. The summed E-state index contributed by atoms with van der Waals surface area (Å²) < 4.78 is 23.0. The Labute approximate surface area is 195 Å². The molecule has 0 amide bonds. The number of rotatable bonds is 4. The first kappa shape index (κ1) is 20.6. The largest absolute Gasteiger partial charge is 0.373 e. The van der Waals surface area contributed by atoms with Crippen molar-refractivity contribution in [2.24, 2.45) is 0 Å². The molecular formula is C24H22ClFN6O. The zero-order valence-corrected chi connectivity index (χ0v) is 18.8. The molecule has 3 aromatic heterocycles. The van der Waals surface area contributed by atoms with Crippen LogP contribution in [0.15, 0.2) is 36.8 Å². The van der Waals surface area contributed by atoms with Gasteiger partial charge < -0.3 is 4.74 Å². The Morgan fingerprint density at radius 2 is 2.00 bits per heavy atom. The van der Waals surface area contributed by atoms with Gasteiger partial charge in [0.15, 0.2) is 5.65 Å². The Balaban J connectivity index is 1.39. The lowest BCUT2D eigenvalue weighted by molar-refractivity contribution is 0.00396. The van der Waals surface area contributed by atoms with Crippen LogP contribution in [0.1, 0.15) is 60.8 Å². The van der Waals surface area contributed by atoms with Gasteiger partial charge >= 0.3 is 0 Å². The molecule has 0 spiro atoms. The highest BCUT2D eigenvalue weighted by atomic mass is 35.5. The van der Waals surface area contributed by atoms with Crippen molar-refractivity contribution < 1.29 is 9.13 Å². The molecule has 2 aliphatic rings. The van der Waals surface area contributed by atoms with Crippen molar-refractivity contribution in [2.45, 2.75) is 50.7 Å². The summed E-state index contributed by atoms with van der Waals surface area (Å²) >= 11 is 5.97. The van der Waals surface area contributed by atoms with Gasteiger partial charge in [0.05, 0.1) is 24.0 Å². The van der Waals surface area contributed by atoms with E-state index in [0.717, 1.165) is 24.1 Å². The fourth-order valence-electron chi connectivity index (χ4n) is 4.38. The third kappa shape index (κ3) is 3.98. The number of aromatic nitrogens is 6. The minimum atomic E-state index is -0.451. The highest BCUT2D eigenvalue weighted by Gasteiger charge is 2.31. The quantitative estimate of drug-likeness (QED) is 0.405. The van der Waals surface area contributed by atoms with Gasteiger partial charge in [-0.15, -0.1) is 0 Å². The number of aryl methyl sites for hydroxylation is 1. The Morgan fingerprint density at radius 3 is 2.82 bits per heavy atom. The van der Waals surface area contributed by atoms with Crippen molar-refractivity contribution >= 4 is 22.8 Å². The molecule has 1 aromatic carbocycles. The predicted octanol–water partition coefficient (Wildman–Crippen LogP) is 5.35. The van der Waals surface area contributed by atoms with E-state index in [-0.39, 0.29) is 12.0 Å². The van der Waals surface area contributed by atoms with E-state index in [1.807, 2.05) is 17.8 Å². The van der Waals surface area contributed by atoms with Gasteiger partial charge in [0, 0.05) is 41.1 Å². The van der Waals surface area contributed by atoms with E-state index in [4.69, 9.17) is 26.3 Å². The highest BCUT2D eigenvalue weighted by molar-refractivity contribution is 6.30. The van der Waals surface area contributed by atoms with Crippen LogP contribution in [0.2, 0.25) is 5.02 Å². The first-order chi connectivity index (χ1) is 16.0. The zero-order valence-electron chi connectivity index (χ0n) is 18.1. The van der Waals surface area contributed by atoms with Crippen LogP contribution < -0.4 is 0 Å². The van der Waals surface area contributed by atoms with Gasteiger partial charge in [0.2, 0.25) is 0 Å². The SMILES string of the molecule is Cc1cnc2c(-c3ccc(Cl)cc3F)nc([C@H]3CCO[C@@H](c4cnn(C5CC5)c4)C3)nc2n1. The van der Waals surface area contributed by atoms with E-state index in [1.54, 1.807) is 18.3 Å². The summed E-state index contributed by atoms with van der Waals surface area (Å²) in [5.41, 5.74) is 3.52. The fraction of sp³-hybridized carbons (Fsp3) is 0.375. The van der Waals surface area contributed by atoms with Crippen LogP contribution in [0.3, 0.4) is 0 Å². The Bertz CT molecular complexity index is 1350. The number of ether oxygens (including phenoxy) is 1. The summed E-state index contributed by atoms with van der Waals surface area (Å²) in [4.78, 5) is 18.6. The van der Waals surface area contributed by atoms with Gasteiger partial charge in [-0.3, -0.25) is 4.68 Å². The van der Waals surface area contributed by atoms with Gasteiger partial charge in [-0.25, -0.2) is 24.3 Å². The molecule has 1 aliphatic carbocycles. The van der Waals surface area contributed by atoms with Crippen molar-refractivity contribution in [3.8, 4) is 11.3 Å². The van der Waals surface area contributed by atoms with Crippen molar-refractivity contribution in [1.82, 2.24) is 29.7 Å². The normalized spacial score (nSPS) is 20.9. The minimum absolute atomic E-state index is 0.0499. The number of halogens is 2. The second kappa shape index (κ2) is 8.11. The van der Waals surface area contributed by atoms with Crippen LogP contribution in [0.25, 0.3) is 22.4 Å². The molecular weight excluding hydrogens is 443 g/mol. The predicted molar refractivity (Wildman–Crippen MR) is 121 cm³/mol. The third-order valence-corrected chi connectivity index (χ3v) is 6.53. The van der Waals surface area contributed by atoms with Crippen molar-refractivity contribution in [1.29, 1.82) is 0 Å². The molecule has 33 heavy (non-hydrogen) atoms. The molecule has 1 saturated heterocycles. The van der Waals surface area contributed by atoms with E-state index in [0.29, 0.717) is 45.9 Å². The zero-order chi connectivity index (χ0) is 22.5.